The zero-order valence-electron chi connectivity index (χ0n) is 11.8. The van der Waals surface area contributed by atoms with Crippen molar-refractivity contribution >= 4 is 5.91 Å². The van der Waals surface area contributed by atoms with Crippen LogP contribution in [0, 0.1) is 5.92 Å². The van der Waals surface area contributed by atoms with Gasteiger partial charge in [0.1, 0.15) is 0 Å². The molecule has 0 unspecified atom stereocenters. The minimum absolute atomic E-state index is 0.0189. The average molecular weight is 271 g/mol. The fourth-order valence-corrected chi connectivity index (χ4v) is 3.68. The number of morpholine rings is 1. The van der Waals surface area contributed by atoms with Crippen molar-refractivity contribution in [2.45, 2.75) is 37.2 Å². The van der Waals surface area contributed by atoms with Gasteiger partial charge in [-0.25, -0.2) is 0 Å². The van der Waals surface area contributed by atoms with Crippen LogP contribution in [0.2, 0.25) is 0 Å². The second kappa shape index (κ2) is 4.59. The van der Waals surface area contributed by atoms with E-state index >= 15 is 0 Å². The fourth-order valence-electron chi connectivity index (χ4n) is 3.68. The van der Waals surface area contributed by atoms with Crippen LogP contribution in [-0.4, -0.2) is 36.1 Å². The molecule has 0 bridgehead atoms. The molecule has 4 rings (SSSR count). The molecule has 0 N–H and O–H groups in total. The predicted octanol–water partition coefficient (Wildman–Crippen LogP) is 2.57. The van der Waals surface area contributed by atoms with Gasteiger partial charge in [-0.05, 0) is 37.2 Å². The van der Waals surface area contributed by atoms with E-state index in [1.54, 1.807) is 0 Å². The van der Waals surface area contributed by atoms with E-state index in [1.165, 1.54) is 12.0 Å². The van der Waals surface area contributed by atoms with Crippen molar-refractivity contribution in [1.29, 1.82) is 0 Å². The van der Waals surface area contributed by atoms with E-state index < -0.39 is 0 Å². The highest BCUT2D eigenvalue weighted by Gasteiger charge is 2.49. The van der Waals surface area contributed by atoms with Gasteiger partial charge in [-0.2, -0.15) is 0 Å². The summed E-state index contributed by atoms with van der Waals surface area (Å²) in [7, 11) is 0. The van der Waals surface area contributed by atoms with Gasteiger partial charge in [0.25, 0.3) is 0 Å². The second-order valence-electron chi connectivity index (χ2n) is 6.50. The van der Waals surface area contributed by atoms with Gasteiger partial charge in [0.15, 0.2) is 0 Å². The van der Waals surface area contributed by atoms with E-state index in [2.05, 4.69) is 29.2 Å². The molecular weight excluding hydrogens is 250 g/mol. The molecule has 2 aliphatic carbocycles. The first-order valence-corrected chi connectivity index (χ1v) is 7.75. The maximum absolute atomic E-state index is 12.6. The van der Waals surface area contributed by atoms with E-state index in [0.717, 1.165) is 32.4 Å². The van der Waals surface area contributed by atoms with E-state index in [1.807, 2.05) is 6.07 Å². The van der Waals surface area contributed by atoms with Crippen LogP contribution in [0.4, 0.5) is 0 Å². The highest BCUT2D eigenvalue weighted by atomic mass is 16.5. The lowest BCUT2D eigenvalue weighted by molar-refractivity contribution is -0.168. The minimum atomic E-state index is 0.0189. The van der Waals surface area contributed by atoms with Crippen LogP contribution in [-0.2, 0) is 9.53 Å². The quantitative estimate of drug-likeness (QED) is 0.827. The summed E-state index contributed by atoms with van der Waals surface area (Å²) in [6, 6.07) is 10.4. The highest BCUT2D eigenvalue weighted by Crippen LogP contribution is 2.49. The number of carbonyl (C=O) groups is 1. The molecule has 106 valence electrons. The zero-order chi connectivity index (χ0) is 13.6. The third kappa shape index (κ3) is 2.05. The number of amides is 1. The van der Waals surface area contributed by atoms with Crippen LogP contribution in [0.1, 0.15) is 37.2 Å². The summed E-state index contributed by atoms with van der Waals surface area (Å²) in [5.41, 5.74) is 1.34. The number of hydrogen-bond acceptors (Lipinski definition) is 2. The molecule has 1 spiro atoms. The molecule has 3 nitrogen and oxygen atoms in total. The molecule has 3 aliphatic rings. The van der Waals surface area contributed by atoms with E-state index in [4.69, 9.17) is 4.74 Å². The molecule has 2 atom stereocenters. The molecule has 1 aromatic carbocycles. The van der Waals surface area contributed by atoms with Gasteiger partial charge in [-0.15, -0.1) is 0 Å². The lowest BCUT2D eigenvalue weighted by Crippen LogP contribution is -2.57. The van der Waals surface area contributed by atoms with Crippen LogP contribution in [0.5, 0.6) is 0 Å². The van der Waals surface area contributed by atoms with E-state index in [0.29, 0.717) is 18.4 Å². The van der Waals surface area contributed by atoms with Gasteiger partial charge >= 0.3 is 0 Å². The molecule has 1 amide bonds. The van der Waals surface area contributed by atoms with Crippen LogP contribution in [0.3, 0.4) is 0 Å². The Labute approximate surface area is 119 Å². The van der Waals surface area contributed by atoms with Gasteiger partial charge in [0.05, 0.1) is 12.2 Å². The lowest BCUT2D eigenvalue weighted by atomic mass is 9.79. The number of benzene rings is 1. The summed E-state index contributed by atoms with van der Waals surface area (Å²) in [5, 5.41) is 0. The van der Waals surface area contributed by atoms with Crippen molar-refractivity contribution in [3.63, 3.8) is 0 Å². The summed E-state index contributed by atoms with van der Waals surface area (Å²) in [4.78, 5) is 14.7. The first-order chi connectivity index (χ1) is 9.77. The van der Waals surface area contributed by atoms with Crippen molar-refractivity contribution < 1.29 is 9.53 Å². The Morgan fingerprint density at radius 2 is 2.05 bits per heavy atom. The van der Waals surface area contributed by atoms with Gasteiger partial charge in [0.2, 0.25) is 5.91 Å². The first kappa shape index (κ1) is 12.4. The van der Waals surface area contributed by atoms with Crippen molar-refractivity contribution in [1.82, 2.24) is 4.90 Å². The number of carbonyl (C=O) groups excluding carboxylic acids is 1. The number of nitrogens with zero attached hydrogens (tertiary/aromatic N) is 1. The number of rotatable bonds is 2. The molecule has 3 heteroatoms. The summed E-state index contributed by atoms with van der Waals surface area (Å²) in [6.45, 7) is 2.32. The van der Waals surface area contributed by atoms with Crippen LogP contribution >= 0.6 is 0 Å². The maximum Gasteiger partial charge on any atom is 0.226 e. The summed E-state index contributed by atoms with van der Waals surface area (Å²) < 4.78 is 5.90. The molecular formula is C17H21NO2. The van der Waals surface area contributed by atoms with Crippen LogP contribution < -0.4 is 0 Å². The summed E-state index contributed by atoms with van der Waals surface area (Å²) >= 11 is 0. The smallest absolute Gasteiger partial charge is 0.226 e. The number of hydrogen-bond donors (Lipinski definition) is 0. The molecule has 0 radical (unpaired) electrons. The molecule has 1 aliphatic heterocycles. The maximum atomic E-state index is 12.6. The third-order valence-corrected chi connectivity index (χ3v) is 5.16. The normalized spacial score (nSPS) is 30.9. The highest BCUT2D eigenvalue weighted by molar-refractivity contribution is 5.83. The van der Waals surface area contributed by atoms with Crippen molar-refractivity contribution in [2.24, 2.45) is 5.92 Å². The van der Waals surface area contributed by atoms with Crippen molar-refractivity contribution in [2.75, 3.05) is 19.7 Å². The Balaban J connectivity index is 1.41. The topological polar surface area (TPSA) is 29.5 Å². The van der Waals surface area contributed by atoms with Crippen LogP contribution in [0.25, 0.3) is 0 Å². The predicted molar refractivity (Wildman–Crippen MR) is 76.4 cm³/mol. The molecule has 2 saturated carbocycles. The Morgan fingerprint density at radius 3 is 2.75 bits per heavy atom. The Morgan fingerprint density at radius 1 is 1.25 bits per heavy atom. The molecule has 1 heterocycles. The van der Waals surface area contributed by atoms with E-state index in [-0.39, 0.29) is 11.5 Å². The first-order valence-electron chi connectivity index (χ1n) is 7.75. The molecule has 20 heavy (non-hydrogen) atoms. The largest absolute Gasteiger partial charge is 0.371 e. The van der Waals surface area contributed by atoms with Crippen LogP contribution in [0.15, 0.2) is 30.3 Å². The van der Waals surface area contributed by atoms with E-state index in [9.17, 15) is 4.79 Å². The molecule has 1 saturated heterocycles. The van der Waals surface area contributed by atoms with Gasteiger partial charge in [-0.3, -0.25) is 4.79 Å². The number of ether oxygens (including phenoxy) is 1. The standard InChI is InChI=1S/C17H21NO2/c19-16(15-11-14(15)13-5-2-1-3-6-13)18-9-10-20-17(12-18)7-4-8-17/h1-3,5-6,14-15H,4,7-12H2/t14-,15+/m0/s1. The minimum Gasteiger partial charge on any atom is -0.371 e. The monoisotopic (exact) mass is 271 g/mol. The van der Waals surface area contributed by atoms with Gasteiger partial charge in [0, 0.05) is 19.0 Å². The third-order valence-electron chi connectivity index (χ3n) is 5.16. The molecule has 0 aromatic heterocycles. The summed E-state index contributed by atoms with van der Waals surface area (Å²) in [5.74, 6) is 1.02. The molecule has 1 aromatic rings. The Hall–Kier alpha value is -1.35. The van der Waals surface area contributed by atoms with Crippen molar-refractivity contribution in [3.8, 4) is 0 Å². The Bertz CT molecular complexity index is 509. The van der Waals surface area contributed by atoms with Gasteiger partial charge < -0.3 is 9.64 Å². The zero-order valence-corrected chi connectivity index (χ0v) is 11.8. The lowest BCUT2D eigenvalue weighted by Gasteiger charge is -2.48. The summed E-state index contributed by atoms with van der Waals surface area (Å²) in [6.07, 6.45) is 4.53. The Kier molecular flexibility index (Phi) is 2.84. The SMILES string of the molecule is O=C([C@@H]1C[C@H]1c1ccccc1)N1CCOC2(CCC2)C1. The second-order valence-corrected chi connectivity index (χ2v) is 6.50. The fraction of sp³-hybridized carbons (Fsp3) is 0.588. The average Bonchev–Trinajstić information content (AvgIpc) is 3.26. The van der Waals surface area contributed by atoms with Crippen molar-refractivity contribution in [3.05, 3.63) is 35.9 Å². The van der Waals surface area contributed by atoms with Gasteiger partial charge in [-0.1, -0.05) is 30.3 Å². The molecule has 3 fully saturated rings.